The maximum absolute atomic E-state index is 14.0. The number of aryl methyl sites for hydroxylation is 1. The average Bonchev–Trinajstić information content (AvgIpc) is 3.36. The molecular weight excluding hydrogens is 545 g/mol. The van der Waals surface area contributed by atoms with Gasteiger partial charge in [-0.15, -0.1) is 0 Å². The molecule has 0 radical (unpaired) electrons. The van der Waals surface area contributed by atoms with Crippen LogP contribution in [0, 0.1) is 11.2 Å². The zero-order valence-electron chi connectivity index (χ0n) is 24.8. The Kier molecular flexibility index (Phi) is 7.31. The molecule has 7 rings (SSSR count). The van der Waals surface area contributed by atoms with Crippen LogP contribution in [0.15, 0.2) is 54.9 Å². The first-order chi connectivity index (χ1) is 21.0. The second-order valence-corrected chi connectivity index (χ2v) is 12.4. The van der Waals surface area contributed by atoms with E-state index in [1.54, 1.807) is 19.2 Å². The monoisotopic (exact) mass is 583 g/mol. The van der Waals surface area contributed by atoms with Crippen molar-refractivity contribution in [1.82, 2.24) is 19.8 Å². The van der Waals surface area contributed by atoms with Gasteiger partial charge in [-0.1, -0.05) is 19.1 Å². The number of ether oxygens (including phenoxy) is 2. The van der Waals surface area contributed by atoms with Crippen LogP contribution >= 0.6 is 0 Å². The van der Waals surface area contributed by atoms with Crippen LogP contribution in [0.4, 0.5) is 10.1 Å². The first-order valence-electron chi connectivity index (χ1n) is 15.2. The van der Waals surface area contributed by atoms with E-state index in [0.717, 1.165) is 70.0 Å². The number of hydrogen-bond donors (Lipinski definition) is 1. The molecule has 1 spiro atoms. The number of rotatable bonds is 9. The maximum Gasteiger partial charge on any atom is 0.153 e. The molecule has 4 aromatic rings. The van der Waals surface area contributed by atoms with Gasteiger partial charge in [-0.3, -0.25) is 14.6 Å². The van der Waals surface area contributed by atoms with Gasteiger partial charge in [0.2, 0.25) is 0 Å². The van der Waals surface area contributed by atoms with E-state index in [2.05, 4.69) is 49.8 Å². The highest BCUT2D eigenvalue weighted by Crippen LogP contribution is 2.52. The van der Waals surface area contributed by atoms with Crippen LogP contribution in [0.5, 0.6) is 17.2 Å². The van der Waals surface area contributed by atoms with Crippen molar-refractivity contribution < 1.29 is 18.7 Å². The molecule has 0 atom stereocenters. The van der Waals surface area contributed by atoms with Crippen LogP contribution in [0.25, 0.3) is 11.0 Å². The number of pyridine rings is 1. The average molecular weight is 584 g/mol. The lowest BCUT2D eigenvalue weighted by Gasteiger charge is -2.62. The number of fused-ring (bicyclic) bond motifs is 1. The van der Waals surface area contributed by atoms with Crippen LogP contribution in [0.3, 0.4) is 0 Å². The summed E-state index contributed by atoms with van der Waals surface area (Å²) in [5.74, 6) is 1.46. The molecule has 2 aromatic heterocycles. The molecule has 8 nitrogen and oxygen atoms in total. The van der Waals surface area contributed by atoms with Crippen molar-refractivity contribution in [3.05, 3.63) is 77.4 Å². The summed E-state index contributed by atoms with van der Waals surface area (Å²) in [5.41, 5.74) is 4.91. The molecule has 4 heterocycles. The molecule has 3 aliphatic rings. The Balaban J connectivity index is 0.915. The third kappa shape index (κ3) is 5.36. The smallest absolute Gasteiger partial charge is 0.153 e. The Morgan fingerprint density at radius 3 is 2.63 bits per heavy atom. The van der Waals surface area contributed by atoms with Gasteiger partial charge in [-0.25, -0.2) is 9.37 Å². The third-order valence-corrected chi connectivity index (χ3v) is 9.62. The number of anilines is 1. The largest absolute Gasteiger partial charge is 0.496 e. The Bertz CT molecular complexity index is 1630. The number of carbonyl (C=O) groups excluding carboxylic acids is 1. The zero-order valence-corrected chi connectivity index (χ0v) is 24.8. The minimum absolute atomic E-state index is 0.356. The van der Waals surface area contributed by atoms with Crippen molar-refractivity contribution in [2.45, 2.75) is 38.8 Å². The summed E-state index contributed by atoms with van der Waals surface area (Å²) < 4.78 is 25.7. The second kappa shape index (κ2) is 11.3. The van der Waals surface area contributed by atoms with Gasteiger partial charge in [0, 0.05) is 75.2 Å². The fraction of sp³-hybridized carbons (Fsp3) is 0.412. The summed E-state index contributed by atoms with van der Waals surface area (Å²) in [4.78, 5) is 26.3. The summed E-state index contributed by atoms with van der Waals surface area (Å²) in [5, 5.41) is 0.356. The number of nitrogens with one attached hydrogen (secondary N) is 1. The van der Waals surface area contributed by atoms with E-state index in [9.17, 15) is 9.18 Å². The van der Waals surface area contributed by atoms with Crippen molar-refractivity contribution in [3.63, 3.8) is 0 Å². The molecule has 1 saturated carbocycles. The number of H-pyrrole nitrogens is 1. The summed E-state index contributed by atoms with van der Waals surface area (Å²) in [6.45, 7) is 9.60. The number of carbonyl (C=O) groups is 1. The minimum Gasteiger partial charge on any atom is -0.496 e. The first kappa shape index (κ1) is 27.9. The highest BCUT2D eigenvalue weighted by molar-refractivity contribution is 5.82. The Morgan fingerprint density at radius 2 is 1.88 bits per heavy atom. The molecule has 9 heteroatoms. The van der Waals surface area contributed by atoms with E-state index in [-0.39, 0.29) is 5.82 Å². The van der Waals surface area contributed by atoms with Crippen molar-refractivity contribution in [3.8, 4) is 17.2 Å². The topological polar surface area (TPSA) is 73.9 Å². The van der Waals surface area contributed by atoms with Crippen molar-refractivity contribution in [2.24, 2.45) is 5.41 Å². The van der Waals surface area contributed by atoms with Crippen molar-refractivity contribution >= 4 is 23.0 Å². The molecule has 2 aliphatic heterocycles. The summed E-state index contributed by atoms with van der Waals surface area (Å²) >= 11 is 0. The summed E-state index contributed by atoms with van der Waals surface area (Å²) in [6.07, 6.45) is 7.06. The Labute approximate surface area is 251 Å². The SMILES string of the molecule is CCc1ccc(CN2CCN(C3CC4(C3)CN(c3ccc(C=O)c(Oc5cnc6[nH]cc(F)c6c5)c3)C4)CC2)cc1OC. The molecule has 3 fully saturated rings. The molecule has 1 aliphatic carbocycles. The minimum atomic E-state index is -0.387. The van der Waals surface area contributed by atoms with Gasteiger partial charge in [0.25, 0.3) is 0 Å². The van der Waals surface area contributed by atoms with E-state index >= 15 is 0 Å². The van der Waals surface area contributed by atoms with Crippen molar-refractivity contribution in [1.29, 1.82) is 0 Å². The quantitative estimate of drug-likeness (QED) is 0.255. The van der Waals surface area contributed by atoms with Crippen LogP contribution in [-0.2, 0) is 13.0 Å². The van der Waals surface area contributed by atoms with E-state index in [1.165, 1.54) is 36.4 Å². The predicted molar refractivity (Wildman–Crippen MR) is 165 cm³/mol. The molecule has 43 heavy (non-hydrogen) atoms. The number of halogens is 1. The van der Waals surface area contributed by atoms with Gasteiger partial charge in [-0.2, -0.15) is 0 Å². The predicted octanol–water partition coefficient (Wildman–Crippen LogP) is 5.66. The highest BCUT2D eigenvalue weighted by Gasteiger charge is 2.54. The number of aldehydes is 1. The number of hydrogen-bond acceptors (Lipinski definition) is 7. The maximum atomic E-state index is 14.0. The zero-order chi connectivity index (χ0) is 29.6. The Hall–Kier alpha value is -3.95. The normalized spacial score (nSPS) is 18.9. The van der Waals surface area contributed by atoms with Gasteiger partial charge in [0.1, 0.15) is 28.7 Å². The molecule has 224 valence electrons. The lowest BCUT2D eigenvalue weighted by molar-refractivity contribution is -0.0380. The molecule has 0 unspecified atom stereocenters. The first-order valence-corrected chi connectivity index (χ1v) is 15.2. The molecule has 0 amide bonds. The second-order valence-electron chi connectivity index (χ2n) is 12.4. The van der Waals surface area contributed by atoms with E-state index < -0.39 is 0 Å². The standard InChI is InChI=1S/C34H38FN5O3/c1-3-24-5-4-23(12-31(24)42-2)19-38-8-10-39(11-9-38)27-15-34(16-27)21-40(22-34)26-7-6-25(20-41)32(13-26)43-28-14-29-30(35)18-37-33(29)36-17-28/h4-7,12-14,17-18,20,27H,3,8-11,15-16,19,21-22H2,1-2H3,(H,36,37). The summed E-state index contributed by atoms with van der Waals surface area (Å²) in [7, 11) is 1.76. The lowest BCUT2D eigenvalue weighted by atomic mass is 9.60. The van der Waals surface area contributed by atoms with Gasteiger partial charge in [0.05, 0.1) is 24.3 Å². The molecular formula is C34H38FN5O3. The number of aromatic amines is 1. The van der Waals surface area contributed by atoms with E-state index in [1.807, 2.05) is 12.1 Å². The van der Waals surface area contributed by atoms with Gasteiger partial charge < -0.3 is 19.4 Å². The Morgan fingerprint density at radius 1 is 1.07 bits per heavy atom. The third-order valence-electron chi connectivity index (χ3n) is 9.62. The fourth-order valence-electron chi connectivity index (χ4n) is 7.17. The van der Waals surface area contributed by atoms with Gasteiger partial charge in [-0.05, 0) is 54.7 Å². The molecule has 2 saturated heterocycles. The van der Waals surface area contributed by atoms with E-state index in [0.29, 0.717) is 39.6 Å². The molecule has 0 bridgehead atoms. The number of piperazine rings is 1. The van der Waals surface area contributed by atoms with Gasteiger partial charge >= 0.3 is 0 Å². The number of methoxy groups -OCH3 is 1. The number of benzene rings is 2. The number of nitrogens with zero attached hydrogens (tertiary/aromatic N) is 4. The fourth-order valence-corrected chi connectivity index (χ4v) is 7.17. The van der Waals surface area contributed by atoms with Crippen LogP contribution in [0.1, 0.15) is 41.3 Å². The molecule has 1 N–H and O–H groups in total. The lowest BCUT2D eigenvalue weighted by Crippen LogP contribution is -2.68. The summed E-state index contributed by atoms with van der Waals surface area (Å²) in [6, 6.07) is 14.6. The van der Waals surface area contributed by atoms with Crippen LogP contribution < -0.4 is 14.4 Å². The van der Waals surface area contributed by atoms with Crippen LogP contribution in [0.2, 0.25) is 0 Å². The highest BCUT2D eigenvalue weighted by atomic mass is 19.1. The molecule has 2 aromatic carbocycles. The van der Waals surface area contributed by atoms with Crippen LogP contribution in [-0.4, -0.2) is 78.5 Å². The van der Waals surface area contributed by atoms with Crippen molar-refractivity contribution in [2.75, 3.05) is 51.3 Å². The number of aromatic nitrogens is 2. The van der Waals surface area contributed by atoms with E-state index in [4.69, 9.17) is 9.47 Å². The van der Waals surface area contributed by atoms with Gasteiger partial charge in [0.15, 0.2) is 6.29 Å².